The van der Waals surface area contributed by atoms with Crippen molar-refractivity contribution in [2.75, 3.05) is 25.0 Å². The van der Waals surface area contributed by atoms with Crippen LogP contribution in [0.25, 0.3) is 17.0 Å². The molecule has 32 heavy (non-hydrogen) atoms. The van der Waals surface area contributed by atoms with Gasteiger partial charge in [0.1, 0.15) is 5.76 Å². The van der Waals surface area contributed by atoms with Gasteiger partial charge in [0, 0.05) is 36.9 Å². The van der Waals surface area contributed by atoms with E-state index in [4.69, 9.17) is 14.1 Å². The molecule has 5 heterocycles. The normalized spacial score (nSPS) is 17.2. The summed E-state index contributed by atoms with van der Waals surface area (Å²) in [4.78, 5) is 19.3. The zero-order chi connectivity index (χ0) is 22.2. The summed E-state index contributed by atoms with van der Waals surface area (Å²) < 4.78 is 12.5. The molecule has 0 spiro atoms. The summed E-state index contributed by atoms with van der Waals surface area (Å²) in [6.07, 6.45) is 3.79. The maximum Gasteiger partial charge on any atom is 0.239 e. The van der Waals surface area contributed by atoms with Crippen molar-refractivity contribution in [3.05, 3.63) is 47.2 Å². The van der Waals surface area contributed by atoms with Crippen LogP contribution in [0.1, 0.15) is 41.6 Å². The molecule has 4 aromatic rings. The molecule has 0 bridgehead atoms. The quantitative estimate of drug-likeness (QED) is 0.508. The highest BCUT2D eigenvalue weighted by molar-refractivity contribution is 5.91. The summed E-state index contributed by atoms with van der Waals surface area (Å²) in [7, 11) is 0. The van der Waals surface area contributed by atoms with Crippen LogP contribution in [0.15, 0.2) is 33.4 Å². The monoisotopic (exact) mass is 435 g/mol. The average molecular weight is 435 g/mol. The lowest BCUT2D eigenvalue weighted by Crippen LogP contribution is -2.40. The zero-order valence-electron chi connectivity index (χ0n) is 18.3. The fourth-order valence-electron chi connectivity index (χ4n) is 4.37. The molecular formula is C22H25N7O3. The number of anilines is 1. The van der Waals surface area contributed by atoms with Crippen LogP contribution in [0.4, 0.5) is 5.82 Å². The number of nitrogens with one attached hydrogen (secondary N) is 1. The number of fused-ring (bicyclic) bond motifs is 1. The standard InChI is InChI=1S/C22H25N7O3/c1-13-8-20-23-10-17(18-7-14(2)26-32-18)22(29(20)25-13)16-5-4-6-28(11-16)12-21(30)24-19-9-15(3)31-27-19/h7-10,16H,4-6,11-12H2,1-3H3,(H,24,27,30)/t16-/m1/s1. The van der Waals surface area contributed by atoms with Crippen molar-refractivity contribution in [1.82, 2.24) is 29.8 Å². The van der Waals surface area contributed by atoms with Gasteiger partial charge in [-0.25, -0.2) is 9.50 Å². The topological polar surface area (TPSA) is 115 Å². The molecule has 166 valence electrons. The van der Waals surface area contributed by atoms with E-state index in [2.05, 4.69) is 25.5 Å². The molecular weight excluding hydrogens is 410 g/mol. The van der Waals surface area contributed by atoms with Gasteiger partial charge in [-0.15, -0.1) is 0 Å². The van der Waals surface area contributed by atoms with Gasteiger partial charge in [0.25, 0.3) is 0 Å². The highest BCUT2D eigenvalue weighted by Crippen LogP contribution is 2.35. The Bertz CT molecular complexity index is 1270. The number of piperidine rings is 1. The number of hydrogen-bond donors (Lipinski definition) is 1. The lowest BCUT2D eigenvalue weighted by molar-refractivity contribution is -0.117. The summed E-state index contributed by atoms with van der Waals surface area (Å²) in [6, 6.07) is 5.58. The number of likely N-dealkylation sites (tertiary alicyclic amines) is 1. The molecule has 1 aliphatic rings. The Labute approximate surface area is 184 Å². The molecule has 1 aliphatic heterocycles. The molecule has 0 aromatic carbocycles. The maximum atomic E-state index is 12.6. The van der Waals surface area contributed by atoms with Gasteiger partial charge in [-0.3, -0.25) is 9.69 Å². The minimum absolute atomic E-state index is 0.111. The Morgan fingerprint density at radius 2 is 2.03 bits per heavy atom. The first kappa shape index (κ1) is 20.4. The largest absolute Gasteiger partial charge is 0.360 e. The predicted molar refractivity (Wildman–Crippen MR) is 116 cm³/mol. The number of aryl methyl sites for hydroxylation is 3. The van der Waals surface area contributed by atoms with Gasteiger partial charge in [0.05, 0.1) is 29.2 Å². The van der Waals surface area contributed by atoms with E-state index >= 15 is 0 Å². The van der Waals surface area contributed by atoms with E-state index in [0.717, 1.165) is 54.2 Å². The Balaban J connectivity index is 1.42. The summed E-state index contributed by atoms with van der Waals surface area (Å²) >= 11 is 0. The molecule has 1 atom stereocenters. The lowest BCUT2D eigenvalue weighted by Gasteiger charge is -2.33. The zero-order valence-corrected chi connectivity index (χ0v) is 18.3. The number of carbonyl (C=O) groups excluding carboxylic acids is 1. The third kappa shape index (κ3) is 4.01. The first-order chi connectivity index (χ1) is 15.5. The summed E-state index contributed by atoms with van der Waals surface area (Å²) in [5.41, 5.74) is 4.44. The van der Waals surface area contributed by atoms with E-state index in [0.29, 0.717) is 17.3 Å². The lowest BCUT2D eigenvalue weighted by atomic mass is 9.91. The van der Waals surface area contributed by atoms with Crippen molar-refractivity contribution < 1.29 is 13.8 Å². The Kier molecular flexibility index (Phi) is 5.22. The van der Waals surface area contributed by atoms with Gasteiger partial charge in [0.2, 0.25) is 5.91 Å². The third-order valence-electron chi connectivity index (χ3n) is 5.69. The van der Waals surface area contributed by atoms with Crippen molar-refractivity contribution in [3.63, 3.8) is 0 Å². The Hall–Kier alpha value is -3.53. The van der Waals surface area contributed by atoms with E-state index < -0.39 is 0 Å². The van der Waals surface area contributed by atoms with Gasteiger partial charge < -0.3 is 14.4 Å². The number of carbonyl (C=O) groups is 1. The predicted octanol–water partition coefficient (Wildman–Crippen LogP) is 3.12. The van der Waals surface area contributed by atoms with Gasteiger partial charge in [0.15, 0.2) is 17.2 Å². The second-order valence-corrected chi connectivity index (χ2v) is 8.39. The third-order valence-corrected chi connectivity index (χ3v) is 5.69. The molecule has 10 nitrogen and oxygen atoms in total. The van der Waals surface area contributed by atoms with E-state index in [1.165, 1.54) is 0 Å². The number of nitrogens with zero attached hydrogens (tertiary/aromatic N) is 6. The second-order valence-electron chi connectivity index (χ2n) is 8.39. The van der Waals surface area contributed by atoms with E-state index in [1.807, 2.05) is 36.7 Å². The van der Waals surface area contributed by atoms with Crippen molar-refractivity contribution in [2.24, 2.45) is 0 Å². The molecule has 1 fully saturated rings. The number of amides is 1. The van der Waals surface area contributed by atoms with Crippen LogP contribution in [0, 0.1) is 20.8 Å². The molecule has 1 N–H and O–H groups in total. The molecule has 4 aromatic heterocycles. The van der Waals surface area contributed by atoms with Crippen LogP contribution in [0.3, 0.4) is 0 Å². The van der Waals surface area contributed by atoms with Crippen molar-refractivity contribution in [1.29, 1.82) is 0 Å². The van der Waals surface area contributed by atoms with Crippen LogP contribution in [-0.4, -0.2) is 55.4 Å². The summed E-state index contributed by atoms with van der Waals surface area (Å²) in [5.74, 6) is 1.82. The molecule has 0 saturated carbocycles. The second kappa shape index (κ2) is 8.19. The fourth-order valence-corrected chi connectivity index (χ4v) is 4.37. The highest BCUT2D eigenvalue weighted by atomic mass is 16.5. The molecule has 0 aliphatic carbocycles. The number of hydrogen-bond acceptors (Lipinski definition) is 8. The summed E-state index contributed by atoms with van der Waals surface area (Å²) in [5, 5.41) is 15.4. The van der Waals surface area contributed by atoms with Gasteiger partial charge >= 0.3 is 0 Å². The highest BCUT2D eigenvalue weighted by Gasteiger charge is 2.29. The fraction of sp³-hybridized carbons (Fsp3) is 0.409. The molecule has 10 heteroatoms. The van der Waals surface area contributed by atoms with Crippen LogP contribution < -0.4 is 5.32 Å². The number of aromatic nitrogens is 5. The molecule has 1 amide bonds. The maximum absolute atomic E-state index is 12.6. The number of rotatable bonds is 5. The van der Waals surface area contributed by atoms with E-state index in [-0.39, 0.29) is 18.4 Å². The van der Waals surface area contributed by atoms with Gasteiger partial charge in [-0.05, 0) is 40.2 Å². The molecule has 0 radical (unpaired) electrons. The smallest absolute Gasteiger partial charge is 0.239 e. The minimum Gasteiger partial charge on any atom is -0.360 e. The summed E-state index contributed by atoms with van der Waals surface area (Å²) in [6.45, 7) is 7.51. The Morgan fingerprint density at radius 1 is 1.16 bits per heavy atom. The minimum atomic E-state index is -0.111. The molecule has 1 saturated heterocycles. The first-order valence-electron chi connectivity index (χ1n) is 10.7. The van der Waals surface area contributed by atoms with E-state index in [1.54, 1.807) is 13.0 Å². The molecule has 5 rings (SSSR count). The molecule has 0 unspecified atom stereocenters. The van der Waals surface area contributed by atoms with Crippen LogP contribution >= 0.6 is 0 Å². The average Bonchev–Trinajstić information content (AvgIpc) is 3.46. The van der Waals surface area contributed by atoms with Crippen LogP contribution in [0.5, 0.6) is 0 Å². The van der Waals surface area contributed by atoms with Crippen molar-refractivity contribution in [2.45, 2.75) is 39.5 Å². The van der Waals surface area contributed by atoms with Gasteiger partial charge in [-0.1, -0.05) is 10.3 Å². The van der Waals surface area contributed by atoms with Crippen molar-refractivity contribution >= 4 is 17.4 Å². The van der Waals surface area contributed by atoms with E-state index in [9.17, 15) is 4.79 Å². The SMILES string of the molecule is Cc1cc(-c2cnc3cc(C)nn3c2[C@@H]2CCCN(CC(=O)Nc3cc(C)on3)C2)on1. The van der Waals surface area contributed by atoms with Gasteiger partial charge in [-0.2, -0.15) is 5.10 Å². The Morgan fingerprint density at radius 3 is 2.78 bits per heavy atom. The van der Waals surface area contributed by atoms with Crippen molar-refractivity contribution in [3.8, 4) is 11.3 Å². The van der Waals surface area contributed by atoms with Crippen LogP contribution in [-0.2, 0) is 4.79 Å². The van der Waals surface area contributed by atoms with Crippen LogP contribution in [0.2, 0.25) is 0 Å². The first-order valence-corrected chi connectivity index (χ1v) is 10.7.